The predicted octanol–water partition coefficient (Wildman–Crippen LogP) is 4.95. The number of benzene rings is 2. The third-order valence-electron chi connectivity index (χ3n) is 2.59. The Balaban J connectivity index is 2.12. The molecule has 2 aromatic carbocycles. The molecule has 2 rings (SSSR count). The third kappa shape index (κ3) is 3.40. The van der Waals surface area contributed by atoms with Crippen LogP contribution in [0.25, 0.3) is 0 Å². The van der Waals surface area contributed by atoms with Gasteiger partial charge in [0.25, 0.3) is 0 Å². The maximum Gasteiger partial charge on any atom is 0.323 e. The van der Waals surface area contributed by atoms with E-state index >= 15 is 0 Å². The highest BCUT2D eigenvalue weighted by molar-refractivity contribution is 6.39. The summed E-state index contributed by atoms with van der Waals surface area (Å²) in [5.74, 6) is 0. The minimum atomic E-state index is -0.385. The van der Waals surface area contributed by atoms with Gasteiger partial charge in [-0.15, -0.1) is 0 Å². The van der Waals surface area contributed by atoms with Gasteiger partial charge < -0.3 is 10.6 Å². The average Bonchev–Trinajstić information content (AvgIpc) is 2.37. The Morgan fingerprint density at radius 2 is 1.58 bits per heavy atom. The van der Waals surface area contributed by atoms with E-state index in [4.69, 9.17) is 23.2 Å². The standard InChI is InChI=1S/C14H12Cl2N2O/c1-9-5-2-3-8-12(9)17-14(19)18-13-10(15)6-4-7-11(13)16/h2-8H,1H3,(H2,17,18,19). The first-order valence-corrected chi connectivity index (χ1v) is 6.41. The van der Waals surface area contributed by atoms with Crippen molar-refractivity contribution in [3.63, 3.8) is 0 Å². The van der Waals surface area contributed by atoms with Crippen LogP contribution in [0, 0.1) is 6.92 Å². The van der Waals surface area contributed by atoms with E-state index in [-0.39, 0.29) is 6.03 Å². The first kappa shape index (κ1) is 13.7. The minimum Gasteiger partial charge on any atom is -0.307 e. The average molecular weight is 295 g/mol. The van der Waals surface area contributed by atoms with Crippen LogP contribution in [0.4, 0.5) is 16.2 Å². The molecule has 0 atom stereocenters. The van der Waals surface area contributed by atoms with Gasteiger partial charge in [-0.05, 0) is 30.7 Å². The molecule has 0 aliphatic carbocycles. The zero-order valence-electron chi connectivity index (χ0n) is 10.2. The van der Waals surface area contributed by atoms with E-state index in [1.807, 2.05) is 31.2 Å². The van der Waals surface area contributed by atoms with Crippen molar-refractivity contribution in [3.05, 3.63) is 58.1 Å². The number of amides is 2. The first-order valence-electron chi connectivity index (χ1n) is 5.65. The number of anilines is 2. The lowest BCUT2D eigenvalue weighted by Gasteiger charge is -2.11. The summed E-state index contributed by atoms with van der Waals surface area (Å²) in [6.45, 7) is 1.91. The molecule has 0 heterocycles. The number of nitrogens with one attached hydrogen (secondary N) is 2. The Morgan fingerprint density at radius 1 is 0.947 bits per heavy atom. The van der Waals surface area contributed by atoms with Crippen LogP contribution in [0.15, 0.2) is 42.5 Å². The van der Waals surface area contributed by atoms with Crippen LogP contribution < -0.4 is 10.6 Å². The number of carbonyl (C=O) groups is 1. The molecule has 0 unspecified atom stereocenters. The molecule has 3 nitrogen and oxygen atoms in total. The van der Waals surface area contributed by atoms with E-state index in [2.05, 4.69) is 10.6 Å². The molecule has 0 radical (unpaired) electrons. The zero-order valence-corrected chi connectivity index (χ0v) is 11.7. The second-order valence-electron chi connectivity index (χ2n) is 3.99. The van der Waals surface area contributed by atoms with Gasteiger partial charge in [0, 0.05) is 5.69 Å². The summed E-state index contributed by atoms with van der Waals surface area (Å²) in [6, 6.07) is 12.2. The predicted molar refractivity (Wildman–Crippen MR) is 80.3 cm³/mol. The Labute approximate surface area is 121 Å². The molecular weight excluding hydrogens is 283 g/mol. The largest absolute Gasteiger partial charge is 0.323 e. The van der Waals surface area contributed by atoms with Gasteiger partial charge in [-0.1, -0.05) is 47.5 Å². The Hall–Kier alpha value is -1.71. The topological polar surface area (TPSA) is 41.1 Å². The van der Waals surface area contributed by atoms with Crippen molar-refractivity contribution in [3.8, 4) is 0 Å². The quantitative estimate of drug-likeness (QED) is 0.809. The Morgan fingerprint density at radius 3 is 2.21 bits per heavy atom. The first-order chi connectivity index (χ1) is 9.08. The summed E-state index contributed by atoms with van der Waals surface area (Å²) < 4.78 is 0. The monoisotopic (exact) mass is 294 g/mol. The number of halogens is 2. The number of carbonyl (C=O) groups excluding carboxylic acids is 1. The SMILES string of the molecule is Cc1ccccc1NC(=O)Nc1c(Cl)cccc1Cl. The zero-order chi connectivity index (χ0) is 13.8. The van der Waals surface area contributed by atoms with Crippen molar-refractivity contribution in [2.75, 3.05) is 10.6 Å². The third-order valence-corrected chi connectivity index (χ3v) is 3.22. The Kier molecular flexibility index (Phi) is 4.30. The molecule has 0 aliphatic heterocycles. The van der Waals surface area contributed by atoms with E-state index in [1.54, 1.807) is 18.2 Å². The molecule has 0 fully saturated rings. The van der Waals surface area contributed by atoms with Crippen molar-refractivity contribution >= 4 is 40.6 Å². The molecule has 2 N–H and O–H groups in total. The lowest BCUT2D eigenvalue weighted by Crippen LogP contribution is -2.20. The summed E-state index contributed by atoms with van der Waals surface area (Å²) in [6.07, 6.45) is 0. The molecule has 0 saturated heterocycles. The van der Waals surface area contributed by atoms with Crippen molar-refractivity contribution < 1.29 is 4.79 Å². The number of hydrogen-bond donors (Lipinski definition) is 2. The molecule has 0 saturated carbocycles. The molecule has 2 aromatic rings. The lowest BCUT2D eigenvalue weighted by atomic mass is 10.2. The number of urea groups is 1. The summed E-state index contributed by atoms with van der Waals surface area (Å²) in [4.78, 5) is 11.9. The van der Waals surface area contributed by atoms with Crippen molar-refractivity contribution in [2.45, 2.75) is 6.92 Å². The molecule has 0 spiro atoms. The van der Waals surface area contributed by atoms with Crippen molar-refractivity contribution in [2.24, 2.45) is 0 Å². The van der Waals surface area contributed by atoms with Gasteiger partial charge in [0.2, 0.25) is 0 Å². The summed E-state index contributed by atoms with van der Waals surface area (Å²) >= 11 is 12.0. The van der Waals surface area contributed by atoms with E-state index in [1.165, 1.54) is 0 Å². The molecule has 0 aromatic heterocycles. The van der Waals surface area contributed by atoms with Gasteiger partial charge in [-0.25, -0.2) is 4.79 Å². The fourth-order valence-corrected chi connectivity index (χ4v) is 2.09. The smallest absolute Gasteiger partial charge is 0.307 e. The van der Waals surface area contributed by atoms with Gasteiger partial charge in [0.15, 0.2) is 0 Å². The van der Waals surface area contributed by atoms with Crippen LogP contribution in [0.3, 0.4) is 0 Å². The van der Waals surface area contributed by atoms with E-state index < -0.39 is 0 Å². The fraction of sp³-hybridized carbons (Fsp3) is 0.0714. The van der Waals surface area contributed by atoms with Crippen LogP contribution in [0.5, 0.6) is 0 Å². The molecule has 0 bridgehead atoms. The van der Waals surface area contributed by atoms with Gasteiger partial charge >= 0.3 is 6.03 Å². The molecular formula is C14H12Cl2N2O. The van der Waals surface area contributed by atoms with E-state index in [0.717, 1.165) is 11.3 Å². The molecule has 5 heteroatoms. The van der Waals surface area contributed by atoms with Crippen LogP contribution >= 0.6 is 23.2 Å². The van der Waals surface area contributed by atoms with E-state index in [0.29, 0.717) is 15.7 Å². The van der Waals surface area contributed by atoms with Gasteiger partial charge in [-0.3, -0.25) is 0 Å². The maximum absolute atomic E-state index is 11.9. The fourth-order valence-electron chi connectivity index (χ4n) is 1.60. The molecule has 19 heavy (non-hydrogen) atoms. The summed E-state index contributed by atoms with van der Waals surface area (Å²) in [5, 5.41) is 6.18. The van der Waals surface area contributed by atoms with E-state index in [9.17, 15) is 4.79 Å². The highest BCUT2D eigenvalue weighted by Gasteiger charge is 2.10. The van der Waals surface area contributed by atoms with Gasteiger partial charge in [-0.2, -0.15) is 0 Å². The molecule has 0 aliphatic rings. The Bertz CT molecular complexity index is 594. The minimum absolute atomic E-state index is 0.385. The number of aryl methyl sites for hydroxylation is 1. The lowest BCUT2D eigenvalue weighted by molar-refractivity contribution is 0.262. The highest BCUT2D eigenvalue weighted by atomic mass is 35.5. The van der Waals surface area contributed by atoms with Gasteiger partial charge in [0.1, 0.15) is 0 Å². The number of para-hydroxylation sites is 2. The van der Waals surface area contributed by atoms with Crippen molar-refractivity contribution in [1.29, 1.82) is 0 Å². The number of rotatable bonds is 2. The maximum atomic E-state index is 11.9. The second-order valence-corrected chi connectivity index (χ2v) is 4.81. The van der Waals surface area contributed by atoms with Crippen LogP contribution in [0.2, 0.25) is 10.0 Å². The molecule has 2 amide bonds. The van der Waals surface area contributed by atoms with Crippen LogP contribution in [-0.4, -0.2) is 6.03 Å². The molecule has 98 valence electrons. The highest BCUT2D eigenvalue weighted by Crippen LogP contribution is 2.29. The second kappa shape index (κ2) is 5.95. The van der Waals surface area contributed by atoms with Gasteiger partial charge in [0.05, 0.1) is 15.7 Å². The summed E-state index contributed by atoms with van der Waals surface area (Å²) in [7, 11) is 0. The summed E-state index contributed by atoms with van der Waals surface area (Å²) in [5.41, 5.74) is 2.11. The van der Waals surface area contributed by atoms with Crippen molar-refractivity contribution in [1.82, 2.24) is 0 Å². The van der Waals surface area contributed by atoms with Crippen LogP contribution in [0.1, 0.15) is 5.56 Å². The van der Waals surface area contributed by atoms with Crippen LogP contribution in [-0.2, 0) is 0 Å². The normalized spacial score (nSPS) is 10.1. The number of hydrogen-bond acceptors (Lipinski definition) is 1.